The normalized spacial score (nSPS) is 17.9. The van der Waals surface area contributed by atoms with E-state index in [0.717, 1.165) is 17.3 Å². The average Bonchev–Trinajstić information content (AvgIpc) is 3.18. The highest BCUT2D eigenvalue weighted by molar-refractivity contribution is 9.10. The molecule has 6 heteroatoms. The molecule has 1 aliphatic rings. The first-order valence-corrected chi connectivity index (χ1v) is 8.34. The third-order valence-electron chi connectivity index (χ3n) is 3.54. The van der Waals surface area contributed by atoms with Crippen molar-refractivity contribution in [2.75, 3.05) is 0 Å². The molecule has 0 saturated heterocycles. The van der Waals surface area contributed by atoms with Crippen LogP contribution in [0.2, 0.25) is 0 Å². The Morgan fingerprint density at radius 3 is 2.75 bits per heavy atom. The number of hydrogen-bond donors (Lipinski definition) is 1. The smallest absolute Gasteiger partial charge is 0.246 e. The minimum Gasteiger partial charge on any atom is -0.337 e. The zero-order valence-electron chi connectivity index (χ0n) is 11.2. The second-order valence-corrected chi connectivity index (χ2v) is 7.28. The lowest BCUT2D eigenvalue weighted by Gasteiger charge is -2.18. The van der Waals surface area contributed by atoms with Crippen LogP contribution in [0.5, 0.6) is 0 Å². The fourth-order valence-electron chi connectivity index (χ4n) is 2.07. The molecule has 1 aromatic heterocycles. The van der Waals surface area contributed by atoms with Crippen LogP contribution in [0, 0.1) is 5.92 Å². The standard InChI is InChI=1S/C14H16BrN3OS/c1-14(16,9-2-3-9)13-17-12(18-19-13)8-20-11-6-4-10(15)5-7-11/h4-7,9H,2-3,8,16H2,1H3. The Morgan fingerprint density at radius 2 is 2.10 bits per heavy atom. The van der Waals surface area contributed by atoms with E-state index in [1.54, 1.807) is 11.8 Å². The number of rotatable bonds is 5. The lowest BCUT2D eigenvalue weighted by molar-refractivity contribution is 0.272. The van der Waals surface area contributed by atoms with Crippen LogP contribution in [0.4, 0.5) is 0 Å². The molecule has 1 atom stereocenters. The quantitative estimate of drug-likeness (QED) is 0.830. The first kappa shape index (κ1) is 14.1. The number of halogens is 1. The third-order valence-corrected chi connectivity index (χ3v) is 5.07. The minimum absolute atomic E-state index is 0.479. The van der Waals surface area contributed by atoms with Gasteiger partial charge < -0.3 is 10.3 Å². The summed E-state index contributed by atoms with van der Waals surface area (Å²) in [6, 6.07) is 8.17. The van der Waals surface area contributed by atoms with Crippen LogP contribution in [-0.4, -0.2) is 10.1 Å². The van der Waals surface area contributed by atoms with Gasteiger partial charge >= 0.3 is 0 Å². The van der Waals surface area contributed by atoms with Crippen molar-refractivity contribution in [3.8, 4) is 0 Å². The maximum atomic E-state index is 6.27. The van der Waals surface area contributed by atoms with Gasteiger partial charge in [0.25, 0.3) is 0 Å². The van der Waals surface area contributed by atoms with E-state index in [-0.39, 0.29) is 0 Å². The molecule has 0 aliphatic heterocycles. The minimum atomic E-state index is -0.479. The van der Waals surface area contributed by atoms with Gasteiger partial charge in [-0.25, -0.2) is 0 Å². The molecule has 4 nitrogen and oxygen atoms in total. The first-order valence-electron chi connectivity index (χ1n) is 6.56. The van der Waals surface area contributed by atoms with Crippen molar-refractivity contribution in [3.63, 3.8) is 0 Å². The number of benzene rings is 1. The van der Waals surface area contributed by atoms with E-state index in [2.05, 4.69) is 38.2 Å². The Labute approximate surface area is 130 Å². The molecular weight excluding hydrogens is 338 g/mol. The van der Waals surface area contributed by atoms with Crippen LogP contribution >= 0.6 is 27.7 Å². The van der Waals surface area contributed by atoms with Crippen LogP contribution in [0.15, 0.2) is 38.2 Å². The fourth-order valence-corrected chi connectivity index (χ4v) is 3.07. The molecule has 1 fully saturated rings. The van der Waals surface area contributed by atoms with E-state index in [1.807, 2.05) is 19.1 Å². The fraction of sp³-hybridized carbons (Fsp3) is 0.429. The summed E-state index contributed by atoms with van der Waals surface area (Å²) in [5, 5.41) is 4.03. The Hall–Kier alpha value is -0.850. The largest absolute Gasteiger partial charge is 0.337 e. The molecule has 0 spiro atoms. The van der Waals surface area contributed by atoms with Gasteiger partial charge in [-0.1, -0.05) is 21.1 Å². The van der Waals surface area contributed by atoms with E-state index in [1.165, 1.54) is 4.90 Å². The maximum absolute atomic E-state index is 6.27. The van der Waals surface area contributed by atoms with E-state index < -0.39 is 5.54 Å². The lowest BCUT2D eigenvalue weighted by atomic mass is 9.97. The highest BCUT2D eigenvalue weighted by Gasteiger charge is 2.43. The summed E-state index contributed by atoms with van der Waals surface area (Å²) in [6.07, 6.45) is 2.30. The second kappa shape index (κ2) is 5.50. The molecular formula is C14H16BrN3OS. The van der Waals surface area contributed by atoms with Crippen LogP contribution in [0.1, 0.15) is 31.5 Å². The summed E-state index contributed by atoms with van der Waals surface area (Å²) in [6.45, 7) is 1.98. The number of hydrogen-bond acceptors (Lipinski definition) is 5. The molecule has 1 aliphatic carbocycles. The van der Waals surface area contributed by atoms with Crippen molar-refractivity contribution in [1.82, 2.24) is 10.1 Å². The van der Waals surface area contributed by atoms with Gasteiger partial charge in [0.1, 0.15) is 0 Å². The average molecular weight is 354 g/mol. The van der Waals surface area contributed by atoms with Crippen molar-refractivity contribution in [1.29, 1.82) is 0 Å². The molecule has 0 radical (unpaired) electrons. The molecule has 2 aromatic rings. The van der Waals surface area contributed by atoms with E-state index in [9.17, 15) is 0 Å². The first-order chi connectivity index (χ1) is 9.55. The number of nitrogens with two attached hydrogens (primary N) is 1. The predicted molar refractivity (Wildman–Crippen MR) is 82.3 cm³/mol. The zero-order valence-corrected chi connectivity index (χ0v) is 13.6. The predicted octanol–water partition coefficient (Wildman–Crippen LogP) is 3.71. The van der Waals surface area contributed by atoms with Crippen LogP contribution < -0.4 is 5.73 Å². The number of thioether (sulfide) groups is 1. The summed E-state index contributed by atoms with van der Waals surface area (Å²) < 4.78 is 6.41. The van der Waals surface area contributed by atoms with Crippen LogP contribution in [0.3, 0.4) is 0 Å². The molecule has 1 heterocycles. The van der Waals surface area contributed by atoms with Crippen molar-refractivity contribution in [2.24, 2.45) is 11.7 Å². The summed E-state index contributed by atoms with van der Waals surface area (Å²) in [5.74, 6) is 2.43. The van der Waals surface area contributed by atoms with Crippen LogP contribution in [0.25, 0.3) is 0 Å². The van der Waals surface area contributed by atoms with Crippen molar-refractivity contribution in [3.05, 3.63) is 40.5 Å². The van der Waals surface area contributed by atoms with E-state index in [0.29, 0.717) is 23.4 Å². The summed E-state index contributed by atoms with van der Waals surface area (Å²) in [4.78, 5) is 5.62. The second-order valence-electron chi connectivity index (χ2n) is 5.32. The molecule has 1 unspecified atom stereocenters. The van der Waals surface area contributed by atoms with Gasteiger partial charge in [-0.2, -0.15) is 4.98 Å². The topological polar surface area (TPSA) is 64.9 Å². The van der Waals surface area contributed by atoms with Crippen molar-refractivity contribution < 1.29 is 4.52 Å². The molecule has 106 valence electrons. The van der Waals surface area contributed by atoms with Gasteiger partial charge in [0, 0.05) is 9.37 Å². The Morgan fingerprint density at radius 1 is 1.40 bits per heavy atom. The van der Waals surface area contributed by atoms with Gasteiger partial charge in [0.15, 0.2) is 5.82 Å². The van der Waals surface area contributed by atoms with Crippen molar-refractivity contribution in [2.45, 2.75) is 36.0 Å². The summed E-state index contributed by atoms with van der Waals surface area (Å²) in [5.41, 5.74) is 5.79. The van der Waals surface area contributed by atoms with E-state index >= 15 is 0 Å². The van der Waals surface area contributed by atoms with Gasteiger partial charge in [0.05, 0.1) is 11.3 Å². The Bertz CT molecular complexity index is 593. The highest BCUT2D eigenvalue weighted by Crippen LogP contribution is 2.43. The maximum Gasteiger partial charge on any atom is 0.246 e. The number of aromatic nitrogens is 2. The van der Waals surface area contributed by atoms with Gasteiger partial charge in [-0.15, -0.1) is 11.8 Å². The zero-order chi connectivity index (χ0) is 14.2. The molecule has 0 bridgehead atoms. The van der Waals surface area contributed by atoms with Gasteiger partial charge in [-0.05, 0) is 49.9 Å². The number of nitrogens with zero attached hydrogens (tertiary/aromatic N) is 2. The monoisotopic (exact) mass is 353 g/mol. The molecule has 1 aromatic carbocycles. The SMILES string of the molecule is CC(N)(c1nc(CSc2ccc(Br)cc2)no1)C1CC1. The van der Waals surface area contributed by atoms with Crippen LogP contribution in [-0.2, 0) is 11.3 Å². The Kier molecular flexibility index (Phi) is 3.88. The van der Waals surface area contributed by atoms with Gasteiger partial charge in [-0.3, -0.25) is 0 Å². The summed E-state index contributed by atoms with van der Waals surface area (Å²) >= 11 is 5.11. The molecule has 1 saturated carbocycles. The van der Waals surface area contributed by atoms with E-state index in [4.69, 9.17) is 10.3 Å². The molecule has 0 amide bonds. The molecule has 3 rings (SSSR count). The molecule has 2 N–H and O–H groups in total. The molecule has 20 heavy (non-hydrogen) atoms. The van der Waals surface area contributed by atoms with Crippen molar-refractivity contribution >= 4 is 27.7 Å². The highest BCUT2D eigenvalue weighted by atomic mass is 79.9. The summed E-state index contributed by atoms with van der Waals surface area (Å²) in [7, 11) is 0. The van der Waals surface area contributed by atoms with Gasteiger partial charge in [0.2, 0.25) is 5.89 Å². The lowest BCUT2D eigenvalue weighted by Crippen LogP contribution is -2.35. The third kappa shape index (κ3) is 3.07. The Balaban J connectivity index is 1.64.